The summed E-state index contributed by atoms with van der Waals surface area (Å²) < 4.78 is 1.37. The number of imide groups is 1. The molecular formula is C57H55N3O4. The van der Waals surface area contributed by atoms with E-state index in [1.807, 2.05) is 66.9 Å². The number of aromatic nitrogens is 1. The number of amides is 2. The van der Waals surface area contributed by atoms with Gasteiger partial charge in [0.15, 0.2) is 0 Å². The van der Waals surface area contributed by atoms with E-state index in [-0.39, 0.29) is 35.5 Å². The van der Waals surface area contributed by atoms with Gasteiger partial charge in [-0.25, -0.2) is 0 Å². The molecule has 0 bridgehead atoms. The van der Waals surface area contributed by atoms with Crippen molar-refractivity contribution in [2.75, 3.05) is 6.54 Å². The zero-order valence-corrected chi connectivity index (χ0v) is 37.3. The summed E-state index contributed by atoms with van der Waals surface area (Å²) in [4.78, 5) is 65.9. The smallest absolute Gasteiger partial charge is 0.262 e. The first kappa shape index (κ1) is 41.5. The predicted octanol–water partition coefficient (Wildman–Crippen LogP) is 13.3. The summed E-state index contributed by atoms with van der Waals surface area (Å²) in [7, 11) is 0. The molecule has 0 saturated carbocycles. The standard InChI is InChI=1S/C57H55N3O4/c1-4-7-10-12-16-40(17-13-11-8-5-2)60-54(61)44-30-29-42-41-18-14-15-39-27-28-43-50(47(39)41)51-45(32-46(55(60)62)48(44)49(42)51)53-52(43)56(63)59(57(53)64)34-36-21-25-38(26-22-36)37-23-19-35(20-24-37)33-58-31-9-6-3/h14-15,18-30,32-33,40H,4-13,16-17,31,34H2,1-3H3. The van der Waals surface area contributed by atoms with Crippen LogP contribution in [-0.4, -0.2) is 40.1 Å². The van der Waals surface area contributed by atoms with Gasteiger partial charge >= 0.3 is 0 Å². The minimum Gasteiger partial charge on any atom is -0.293 e. The van der Waals surface area contributed by atoms with Gasteiger partial charge in [-0.1, -0.05) is 163 Å². The molecule has 322 valence electrons. The first-order valence-electron chi connectivity index (χ1n) is 23.7. The summed E-state index contributed by atoms with van der Waals surface area (Å²) in [5.74, 6) is -0.538. The normalized spacial score (nSPS) is 13.4. The van der Waals surface area contributed by atoms with Crippen molar-refractivity contribution in [3.05, 3.63) is 140 Å². The van der Waals surface area contributed by atoms with Gasteiger partial charge in [-0.05, 0) is 102 Å². The summed E-state index contributed by atoms with van der Waals surface area (Å²) in [6, 6.07) is 32.2. The van der Waals surface area contributed by atoms with Crippen molar-refractivity contribution in [2.24, 2.45) is 4.99 Å². The molecule has 0 saturated heterocycles. The van der Waals surface area contributed by atoms with E-state index < -0.39 is 0 Å². The third-order valence-electron chi connectivity index (χ3n) is 14.0. The largest absolute Gasteiger partial charge is 0.293 e. The number of carbonyl (C=O) groups excluding carboxylic acids is 2. The van der Waals surface area contributed by atoms with Crippen molar-refractivity contribution in [1.29, 1.82) is 0 Å². The Bertz CT molecular complexity index is 3330. The number of carbonyl (C=O) groups is 2. The van der Waals surface area contributed by atoms with Crippen LogP contribution >= 0.6 is 0 Å². The number of benzene rings is 8. The van der Waals surface area contributed by atoms with Crippen LogP contribution < -0.4 is 11.1 Å². The fourth-order valence-electron chi connectivity index (χ4n) is 10.8. The fraction of sp³-hybridized carbons (Fsp3) is 0.316. The SMILES string of the molecule is CCCCCCC(CCCCCC)N1C(=O)c2ccc3c4cccc5ccc6c7c(=O)n(Cc8ccc(-c9ccc(C=NCCCC)cc9)cc8)c(=O)c7c7cc(c2c3c7c6c54)C1=O. The molecule has 0 fully saturated rings. The molecule has 0 spiro atoms. The van der Waals surface area contributed by atoms with Gasteiger partial charge in [-0.2, -0.15) is 0 Å². The maximum absolute atomic E-state index is 15.2. The number of nitrogens with zero attached hydrogens (tertiary/aromatic N) is 3. The molecular weight excluding hydrogens is 791 g/mol. The topological polar surface area (TPSA) is 88.8 Å². The molecule has 0 atom stereocenters. The highest BCUT2D eigenvalue weighted by Crippen LogP contribution is 2.50. The Morgan fingerprint density at radius 3 is 1.80 bits per heavy atom. The van der Waals surface area contributed by atoms with Gasteiger partial charge in [-0.15, -0.1) is 0 Å². The van der Waals surface area contributed by atoms with Gasteiger partial charge < -0.3 is 0 Å². The van der Waals surface area contributed by atoms with E-state index in [2.05, 4.69) is 62.2 Å². The molecule has 0 unspecified atom stereocenters. The number of hydrogen-bond acceptors (Lipinski definition) is 5. The van der Waals surface area contributed by atoms with Crippen LogP contribution in [0.4, 0.5) is 0 Å². The second-order valence-electron chi connectivity index (χ2n) is 18.1. The average Bonchev–Trinajstić information content (AvgIpc) is 3.57. The summed E-state index contributed by atoms with van der Waals surface area (Å²) in [6.45, 7) is 7.48. The lowest BCUT2D eigenvalue weighted by Gasteiger charge is -2.35. The van der Waals surface area contributed by atoms with Crippen LogP contribution in [0.3, 0.4) is 0 Å². The van der Waals surface area contributed by atoms with E-state index in [1.54, 1.807) is 4.90 Å². The van der Waals surface area contributed by atoms with Crippen LogP contribution in [-0.2, 0) is 6.54 Å². The number of hydrogen-bond donors (Lipinski definition) is 0. The Kier molecular flexibility index (Phi) is 11.2. The molecule has 1 aliphatic rings. The molecule has 1 aromatic heterocycles. The molecule has 1 aliphatic heterocycles. The zero-order valence-electron chi connectivity index (χ0n) is 37.3. The Balaban J connectivity index is 1.12. The van der Waals surface area contributed by atoms with Gasteiger partial charge in [-0.3, -0.25) is 33.6 Å². The van der Waals surface area contributed by atoms with Crippen LogP contribution in [0, 0.1) is 0 Å². The highest BCUT2D eigenvalue weighted by atomic mass is 16.2. The quantitative estimate of drug-likeness (QED) is 0.0283. The molecule has 8 aromatic carbocycles. The highest BCUT2D eigenvalue weighted by Gasteiger charge is 2.39. The molecule has 0 aliphatic carbocycles. The van der Waals surface area contributed by atoms with Crippen LogP contribution in [0.15, 0.2) is 112 Å². The summed E-state index contributed by atoms with van der Waals surface area (Å²) in [6.07, 6.45) is 14.1. The third-order valence-corrected chi connectivity index (χ3v) is 14.0. The molecule has 2 heterocycles. The van der Waals surface area contributed by atoms with Gasteiger partial charge in [0.05, 0.1) is 17.3 Å². The second-order valence-corrected chi connectivity index (χ2v) is 18.1. The lowest BCUT2D eigenvalue weighted by molar-refractivity contribution is 0.0517. The Morgan fingerprint density at radius 2 is 1.11 bits per heavy atom. The summed E-state index contributed by atoms with van der Waals surface area (Å²) >= 11 is 0. The lowest BCUT2D eigenvalue weighted by atomic mass is 9.80. The van der Waals surface area contributed by atoms with E-state index in [9.17, 15) is 14.4 Å². The van der Waals surface area contributed by atoms with Crippen LogP contribution in [0.25, 0.3) is 75.8 Å². The number of rotatable bonds is 18. The summed E-state index contributed by atoms with van der Waals surface area (Å²) in [5.41, 5.74) is 4.26. The number of fused-ring (bicyclic) bond motifs is 4. The van der Waals surface area contributed by atoms with Crippen molar-refractivity contribution < 1.29 is 9.59 Å². The minimum atomic E-state index is -0.369. The maximum Gasteiger partial charge on any atom is 0.262 e. The monoisotopic (exact) mass is 845 g/mol. The van der Waals surface area contributed by atoms with E-state index in [0.29, 0.717) is 32.7 Å². The van der Waals surface area contributed by atoms with Gasteiger partial charge in [0, 0.05) is 35.3 Å². The van der Waals surface area contributed by atoms with Crippen LogP contribution in [0.1, 0.15) is 130 Å². The van der Waals surface area contributed by atoms with Crippen LogP contribution in [0.5, 0.6) is 0 Å². The van der Waals surface area contributed by atoms with E-state index in [1.165, 1.54) is 4.57 Å². The average molecular weight is 846 g/mol. The lowest BCUT2D eigenvalue weighted by Crippen LogP contribution is -2.47. The molecule has 0 N–H and O–H groups in total. The molecule has 7 heteroatoms. The number of unbranched alkanes of at least 4 members (excludes halogenated alkanes) is 7. The highest BCUT2D eigenvalue weighted by molar-refractivity contribution is 6.47. The van der Waals surface area contributed by atoms with Gasteiger partial charge in [0.2, 0.25) is 0 Å². The minimum absolute atomic E-state index is 0.108. The Labute approximate surface area is 373 Å². The zero-order chi connectivity index (χ0) is 44.1. The fourth-order valence-corrected chi connectivity index (χ4v) is 10.8. The number of aliphatic imine (C=N–C) groups is 1. The molecule has 0 radical (unpaired) electrons. The first-order chi connectivity index (χ1) is 31.3. The Morgan fingerprint density at radius 1 is 0.516 bits per heavy atom. The van der Waals surface area contributed by atoms with E-state index in [4.69, 9.17) is 0 Å². The van der Waals surface area contributed by atoms with Gasteiger partial charge in [0.25, 0.3) is 22.9 Å². The van der Waals surface area contributed by atoms with Crippen molar-refractivity contribution >= 4 is 82.7 Å². The molecule has 2 amide bonds. The predicted molar refractivity (Wildman–Crippen MR) is 266 cm³/mol. The van der Waals surface area contributed by atoms with Crippen molar-refractivity contribution in [3.8, 4) is 11.1 Å². The molecule has 9 aromatic rings. The van der Waals surface area contributed by atoms with Crippen molar-refractivity contribution in [1.82, 2.24) is 9.47 Å². The molecule has 10 rings (SSSR count). The first-order valence-corrected chi connectivity index (χ1v) is 23.7. The molecule has 64 heavy (non-hydrogen) atoms. The molecule has 7 nitrogen and oxygen atoms in total. The second kappa shape index (κ2) is 17.2. The van der Waals surface area contributed by atoms with Gasteiger partial charge in [0.1, 0.15) is 0 Å². The van der Waals surface area contributed by atoms with Crippen molar-refractivity contribution in [3.63, 3.8) is 0 Å². The van der Waals surface area contributed by atoms with E-state index in [0.717, 1.165) is 149 Å². The van der Waals surface area contributed by atoms with Crippen molar-refractivity contribution in [2.45, 2.75) is 110 Å². The Hall–Kier alpha value is -6.47. The van der Waals surface area contributed by atoms with E-state index >= 15 is 4.79 Å². The maximum atomic E-state index is 15.2. The summed E-state index contributed by atoms with van der Waals surface area (Å²) in [5, 5.41) is 9.23. The third kappa shape index (κ3) is 6.83. The van der Waals surface area contributed by atoms with Crippen LogP contribution in [0.2, 0.25) is 0 Å².